The van der Waals surface area contributed by atoms with Crippen molar-refractivity contribution in [2.45, 2.75) is 63.4 Å². The molecule has 1 aliphatic heterocycles. The fourth-order valence-electron chi connectivity index (χ4n) is 4.42. The minimum atomic E-state index is 0.978. The lowest BCUT2D eigenvalue weighted by atomic mass is 9.67. The Hall–Kier alpha value is 0.350. The molecule has 0 aromatic rings. The number of fused-ring (bicyclic) bond motifs is 3. The molecule has 2 aliphatic carbocycles. The van der Waals surface area contributed by atoms with E-state index in [4.69, 9.17) is 0 Å². The third kappa shape index (κ3) is 1.83. The van der Waals surface area contributed by atoms with E-state index in [9.17, 15) is 0 Å². The second-order valence-electron chi connectivity index (χ2n) is 6.88. The fourth-order valence-corrected chi connectivity index (χ4v) is 6.77. The normalized spacial score (nSPS) is 56.8. The molecule has 0 nitrogen and oxygen atoms in total. The van der Waals surface area contributed by atoms with Crippen LogP contribution in [0.1, 0.15) is 52.9 Å². The highest BCUT2D eigenvalue weighted by Gasteiger charge is 2.48. The van der Waals surface area contributed by atoms with Crippen molar-refractivity contribution in [3.05, 3.63) is 0 Å². The van der Waals surface area contributed by atoms with Crippen LogP contribution in [0.3, 0.4) is 0 Å². The van der Waals surface area contributed by atoms with Crippen LogP contribution in [-0.4, -0.2) is 10.5 Å². The quantitative estimate of drug-likeness (QED) is 0.595. The van der Waals surface area contributed by atoms with Crippen LogP contribution in [-0.2, 0) is 0 Å². The van der Waals surface area contributed by atoms with Gasteiger partial charge in [0.05, 0.1) is 0 Å². The Labute approximate surface area is 105 Å². The Morgan fingerprint density at radius 3 is 2.25 bits per heavy atom. The summed E-state index contributed by atoms with van der Waals surface area (Å²) in [5, 5.41) is 2.07. The second kappa shape index (κ2) is 4.23. The zero-order chi connectivity index (χ0) is 11.3. The average molecular weight is 238 g/mol. The van der Waals surface area contributed by atoms with Gasteiger partial charge < -0.3 is 0 Å². The first kappa shape index (κ1) is 11.4. The third-order valence-electron chi connectivity index (χ3n) is 5.70. The van der Waals surface area contributed by atoms with Crippen molar-refractivity contribution in [3.63, 3.8) is 0 Å². The Balaban J connectivity index is 1.74. The molecule has 0 amide bonds. The summed E-state index contributed by atoms with van der Waals surface area (Å²) < 4.78 is 0. The van der Waals surface area contributed by atoms with Gasteiger partial charge >= 0.3 is 0 Å². The molecule has 0 aromatic heterocycles. The largest absolute Gasteiger partial charge is 0.155 e. The average Bonchev–Trinajstić information content (AvgIpc) is 2.55. The summed E-state index contributed by atoms with van der Waals surface area (Å²) in [5.74, 6) is 5.16. The van der Waals surface area contributed by atoms with Crippen LogP contribution < -0.4 is 0 Å². The molecule has 1 heterocycles. The molecule has 3 aliphatic rings. The standard InChI is InChI=1S/C15H26S/c1-9-4-5-12-13-7-10(2)11(3)8-15(13)16-14(12)6-9/h9-15H,4-8H2,1-3H3. The molecular formula is C15H26S. The van der Waals surface area contributed by atoms with Gasteiger partial charge in [0.15, 0.2) is 0 Å². The van der Waals surface area contributed by atoms with Gasteiger partial charge in [-0.05, 0) is 55.3 Å². The number of rotatable bonds is 0. The summed E-state index contributed by atoms with van der Waals surface area (Å²) in [6.07, 6.45) is 7.62. The molecule has 92 valence electrons. The summed E-state index contributed by atoms with van der Waals surface area (Å²) in [7, 11) is 0. The van der Waals surface area contributed by atoms with Crippen LogP contribution in [0.25, 0.3) is 0 Å². The van der Waals surface area contributed by atoms with Gasteiger partial charge in [0.25, 0.3) is 0 Å². The van der Waals surface area contributed by atoms with E-state index in [2.05, 4.69) is 32.5 Å². The molecule has 0 radical (unpaired) electrons. The Morgan fingerprint density at radius 1 is 0.750 bits per heavy atom. The highest BCUT2D eigenvalue weighted by molar-refractivity contribution is 8.00. The molecule has 0 aromatic carbocycles. The minimum Gasteiger partial charge on any atom is -0.155 e. The number of hydrogen-bond acceptors (Lipinski definition) is 1. The summed E-state index contributed by atoms with van der Waals surface area (Å²) in [6, 6.07) is 0. The first-order valence-electron chi connectivity index (χ1n) is 7.30. The van der Waals surface area contributed by atoms with Gasteiger partial charge in [0.1, 0.15) is 0 Å². The van der Waals surface area contributed by atoms with Crippen molar-refractivity contribution < 1.29 is 0 Å². The second-order valence-corrected chi connectivity index (χ2v) is 8.37. The molecule has 0 bridgehead atoms. The molecular weight excluding hydrogens is 212 g/mol. The van der Waals surface area contributed by atoms with E-state index >= 15 is 0 Å². The van der Waals surface area contributed by atoms with Crippen LogP contribution in [0.4, 0.5) is 0 Å². The maximum absolute atomic E-state index is 2.49. The molecule has 16 heavy (non-hydrogen) atoms. The summed E-state index contributed by atoms with van der Waals surface area (Å²) >= 11 is 2.39. The molecule has 3 rings (SSSR count). The number of hydrogen-bond donors (Lipinski definition) is 0. The Bertz CT molecular complexity index is 262. The summed E-state index contributed by atoms with van der Waals surface area (Å²) in [5.41, 5.74) is 0. The fraction of sp³-hybridized carbons (Fsp3) is 1.00. The van der Waals surface area contributed by atoms with E-state index in [1.54, 1.807) is 6.42 Å². The molecule has 7 atom stereocenters. The molecule has 0 N–H and O–H groups in total. The lowest BCUT2D eigenvalue weighted by Crippen LogP contribution is -2.33. The van der Waals surface area contributed by atoms with E-state index in [1.807, 2.05) is 0 Å². The monoisotopic (exact) mass is 238 g/mol. The van der Waals surface area contributed by atoms with Crippen LogP contribution in [0.5, 0.6) is 0 Å². The summed E-state index contributed by atoms with van der Waals surface area (Å²) in [6.45, 7) is 7.43. The van der Waals surface area contributed by atoms with Gasteiger partial charge in [0.2, 0.25) is 0 Å². The molecule has 1 saturated heterocycles. The van der Waals surface area contributed by atoms with Gasteiger partial charge in [-0.2, -0.15) is 11.8 Å². The predicted octanol–water partition coefficient (Wildman–Crippen LogP) is 4.59. The molecule has 7 unspecified atom stereocenters. The third-order valence-corrected chi connectivity index (χ3v) is 7.48. The van der Waals surface area contributed by atoms with Crippen molar-refractivity contribution in [2.24, 2.45) is 29.6 Å². The van der Waals surface area contributed by atoms with Crippen molar-refractivity contribution in [1.29, 1.82) is 0 Å². The van der Waals surface area contributed by atoms with Crippen molar-refractivity contribution >= 4 is 11.8 Å². The van der Waals surface area contributed by atoms with Crippen LogP contribution in [0, 0.1) is 29.6 Å². The summed E-state index contributed by atoms with van der Waals surface area (Å²) in [4.78, 5) is 0. The smallest absolute Gasteiger partial charge is 0.00839 e. The van der Waals surface area contributed by atoms with Crippen LogP contribution in [0.15, 0.2) is 0 Å². The predicted molar refractivity (Wildman–Crippen MR) is 72.7 cm³/mol. The van der Waals surface area contributed by atoms with Crippen molar-refractivity contribution in [3.8, 4) is 0 Å². The lowest BCUT2D eigenvalue weighted by molar-refractivity contribution is 0.147. The molecule has 0 spiro atoms. The molecule has 2 saturated carbocycles. The maximum Gasteiger partial charge on any atom is 0.00839 e. The number of thioether (sulfide) groups is 1. The van der Waals surface area contributed by atoms with E-state index in [-0.39, 0.29) is 0 Å². The van der Waals surface area contributed by atoms with Crippen LogP contribution in [0.2, 0.25) is 0 Å². The Morgan fingerprint density at radius 2 is 1.44 bits per heavy atom. The first-order valence-corrected chi connectivity index (χ1v) is 8.25. The van der Waals surface area contributed by atoms with Crippen LogP contribution >= 0.6 is 11.8 Å². The zero-order valence-electron chi connectivity index (χ0n) is 11.0. The van der Waals surface area contributed by atoms with Gasteiger partial charge in [-0.25, -0.2) is 0 Å². The molecule has 3 fully saturated rings. The van der Waals surface area contributed by atoms with E-state index in [0.717, 1.165) is 40.1 Å². The van der Waals surface area contributed by atoms with Crippen molar-refractivity contribution in [1.82, 2.24) is 0 Å². The molecule has 1 heteroatoms. The zero-order valence-corrected chi connectivity index (χ0v) is 11.8. The van der Waals surface area contributed by atoms with E-state index < -0.39 is 0 Å². The SMILES string of the molecule is CC1CCC2C(C1)SC1CC(C)C(C)CC12. The maximum atomic E-state index is 2.49. The Kier molecular flexibility index (Phi) is 3.02. The minimum absolute atomic E-state index is 0.978. The van der Waals surface area contributed by atoms with E-state index in [0.29, 0.717) is 0 Å². The lowest BCUT2D eigenvalue weighted by Gasteiger charge is -2.38. The van der Waals surface area contributed by atoms with Crippen molar-refractivity contribution in [2.75, 3.05) is 0 Å². The van der Waals surface area contributed by atoms with Gasteiger partial charge in [-0.3, -0.25) is 0 Å². The highest BCUT2D eigenvalue weighted by Crippen LogP contribution is 2.57. The highest BCUT2D eigenvalue weighted by atomic mass is 32.2. The van der Waals surface area contributed by atoms with E-state index in [1.165, 1.54) is 25.7 Å². The van der Waals surface area contributed by atoms with Gasteiger partial charge in [0, 0.05) is 10.5 Å². The van der Waals surface area contributed by atoms with Gasteiger partial charge in [-0.15, -0.1) is 0 Å². The first-order chi connectivity index (χ1) is 7.65. The van der Waals surface area contributed by atoms with Gasteiger partial charge in [-0.1, -0.05) is 27.2 Å². The topological polar surface area (TPSA) is 0 Å².